The van der Waals surface area contributed by atoms with E-state index in [0.717, 1.165) is 30.5 Å². The molecule has 0 atom stereocenters. The second-order valence-corrected chi connectivity index (χ2v) is 4.43. The molecule has 1 aromatic rings. The Balaban J connectivity index is 2.43. The van der Waals surface area contributed by atoms with Crippen molar-refractivity contribution in [3.8, 4) is 5.75 Å². The van der Waals surface area contributed by atoms with Crippen molar-refractivity contribution in [3.05, 3.63) is 24.3 Å². The Morgan fingerprint density at radius 3 is 2.73 bits per heavy atom. The highest BCUT2D eigenvalue weighted by atomic mass is 79.9. The first-order valence-corrected chi connectivity index (χ1v) is 6.32. The maximum atomic E-state index is 5.65. The van der Waals surface area contributed by atoms with Gasteiger partial charge in [-0.15, -0.1) is 0 Å². The van der Waals surface area contributed by atoms with Gasteiger partial charge in [0.2, 0.25) is 0 Å². The third kappa shape index (κ3) is 4.56. The van der Waals surface area contributed by atoms with Crippen molar-refractivity contribution >= 4 is 21.6 Å². The Morgan fingerprint density at radius 2 is 2.07 bits per heavy atom. The number of benzene rings is 1. The topological polar surface area (TPSA) is 12.5 Å². The maximum absolute atomic E-state index is 5.65. The van der Waals surface area contributed by atoms with Gasteiger partial charge in [0.15, 0.2) is 0 Å². The average Bonchev–Trinajstić information content (AvgIpc) is 2.25. The van der Waals surface area contributed by atoms with Gasteiger partial charge in [-0.25, -0.2) is 0 Å². The van der Waals surface area contributed by atoms with Gasteiger partial charge in [0, 0.05) is 31.2 Å². The Kier molecular flexibility index (Phi) is 5.54. The van der Waals surface area contributed by atoms with Crippen LogP contribution < -0.4 is 9.64 Å². The lowest BCUT2D eigenvalue weighted by atomic mass is 10.3. The summed E-state index contributed by atoms with van der Waals surface area (Å²) >= 11 is 3.40. The molecule has 0 aliphatic rings. The summed E-state index contributed by atoms with van der Waals surface area (Å²) in [6, 6.07) is 8.16. The molecule has 0 aromatic heterocycles. The second-order valence-electron chi connectivity index (χ2n) is 3.64. The largest absolute Gasteiger partial charge is 0.494 e. The van der Waals surface area contributed by atoms with Crippen LogP contribution in [0.25, 0.3) is 0 Å². The normalized spacial score (nSPS) is 10.1. The highest BCUT2D eigenvalue weighted by Gasteiger charge is 1.98. The molecule has 2 nitrogen and oxygen atoms in total. The number of rotatable bonds is 6. The molecule has 0 radical (unpaired) electrons. The van der Waals surface area contributed by atoms with Crippen molar-refractivity contribution in [2.24, 2.45) is 0 Å². The second kappa shape index (κ2) is 6.72. The lowest BCUT2D eigenvalue weighted by Gasteiger charge is -2.13. The fourth-order valence-electron chi connectivity index (χ4n) is 1.24. The molecular formula is C12H18BrNO. The van der Waals surface area contributed by atoms with Crippen LogP contribution >= 0.6 is 15.9 Å². The third-order valence-electron chi connectivity index (χ3n) is 2.13. The molecule has 0 bridgehead atoms. The fourth-order valence-corrected chi connectivity index (χ4v) is 1.63. The number of halogens is 1. The van der Waals surface area contributed by atoms with Gasteiger partial charge in [-0.3, -0.25) is 0 Å². The molecule has 0 unspecified atom stereocenters. The first-order valence-electron chi connectivity index (χ1n) is 5.20. The summed E-state index contributed by atoms with van der Waals surface area (Å²) < 4.78 is 5.65. The monoisotopic (exact) mass is 271 g/mol. The Morgan fingerprint density at radius 1 is 1.27 bits per heavy atom. The van der Waals surface area contributed by atoms with E-state index in [1.807, 2.05) is 26.2 Å². The summed E-state index contributed by atoms with van der Waals surface area (Å²) in [5.41, 5.74) is 1.17. The van der Waals surface area contributed by atoms with Crippen LogP contribution in [0.1, 0.15) is 12.8 Å². The third-order valence-corrected chi connectivity index (χ3v) is 2.69. The van der Waals surface area contributed by atoms with Crippen LogP contribution in [0.15, 0.2) is 24.3 Å². The van der Waals surface area contributed by atoms with Gasteiger partial charge >= 0.3 is 0 Å². The SMILES string of the molecule is CN(C)c1cccc(OCCCCBr)c1. The molecular weight excluding hydrogens is 254 g/mol. The summed E-state index contributed by atoms with van der Waals surface area (Å²) in [6.45, 7) is 0.794. The van der Waals surface area contributed by atoms with Crippen molar-refractivity contribution < 1.29 is 4.74 Å². The average molecular weight is 272 g/mol. The van der Waals surface area contributed by atoms with E-state index in [1.54, 1.807) is 0 Å². The summed E-state index contributed by atoms with van der Waals surface area (Å²) in [5, 5.41) is 1.05. The number of anilines is 1. The number of hydrogen-bond acceptors (Lipinski definition) is 2. The van der Waals surface area contributed by atoms with E-state index in [-0.39, 0.29) is 0 Å². The lowest BCUT2D eigenvalue weighted by molar-refractivity contribution is 0.310. The minimum atomic E-state index is 0.794. The zero-order chi connectivity index (χ0) is 11.1. The van der Waals surface area contributed by atoms with Gasteiger partial charge in [0.05, 0.1) is 6.61 Å². The molecule has 0 aliphatic heterocycles. The molecule has 15 heavy (non-hydrogen) atoms. The Bertz CT molecular complexity index is 289. The van der Waals surface area contributed by atoms with E-state index in [1.165, 1.54) is 5.69 Å². The van der Waals surface area contributed by atoms with Crippen molar-refractivity contribution in [2.45, 2.75) is 12.8 Å². The first kappa shape index (κ1) is 12.4. The molecule has 0 N–H and O–H groups in total. The van der Waals surface area contributed by atoms with Crippen LogP contribution in [-0.4, -0.2) is 26.0 Å². The Hall–Kier alpha value is -0.700. The quantitative estimate of drug-likeness (QED) is 0.582. The molecule has 0 fully saturated rings. The van der Waals surface area contributed by atoms with Gasteiger partial charge in [-0.1, -0.05) is 22.0 Å². The summed E-state index contributed by atoms with van der Waals surface area (Å²) in [4.78, 5) is 2.07. The number of ether oxygens (including phenoxy) is 1. The van der Waals surface area contributed by atoms with Gasteiger partial charge in [-0.2, -0.15) is 0 Å². The molecule has 0 heterocycles. The number of alkyl halides is 1. The number of unbranched alkanes of at least 4 members (excludes halogenated alkanes) is 1. The van der Waals surface area contributed by atoms with Crippen LogP contribution in [0, 0.1) is 0 Å². The molecule has 1 aromatic carbocycles. The minimum Gasteiger partial charge on any atom is -0.494 e. The van der Waals surface area contributed by atoms with Crippen molar-refractivity contribution in [3.63, 3.8) is 0 Å². The number of nitrogens with zero attached hydrogens (tertiary/aromatic N) is 1. The summed E-state index contributed by atoms with van der Waals surface area (Å²) in [7, 11) is 4.06. The molecule has 0 saturated carbocycles. The molecule has 0 spiro atoms. The van der Waals surface area contributed by atoms with E-state index >= 15 is 0 Å². The van der Waals surface area contributed by atoms with Crippen molar-refractivity contribution in [1.82, 2.24) is 0 Å². The molecule has 0 amide bonds. The van der Waals surface area contributed by atoms with Gasteiger partial charge in [0.1, 0.15) is 5.75 Å². The van der Waals surface area contributed by atoms with Crippen molar-refractivity contribution in [2.75, 3.05) is 30.9 Å². The molecule has 84 valence electrons. The molecule has 0 aliphatic carbocycles. The highest BCUT2D eigenvalue weighted by molar-refractivity contribution is 9.09. The van der Waals surface area contributed by atoms with Gasteiger partial charge < -0.3 is 9.64 Å². The predicted octanol–water partition coefficient (Wildman–Crippen LogP) is 3.31. The molecule has 1 rings (SSSR count). The molecule has 3 heteroatoms. The summed E-state index contributed by atoms with van der Waals surface area (Å²) in [6.07, 6.45) is 2.25. The summed E-state index contributed by atoms with van der Waals surface area (Å²) in [5.74, 6) is 0.954. The van der Waals surface area contributed by atoms with Crippen LogP contribution in [0.3, 0.4) is 0 Å². The molecule has 0 saturated heterocycles. The van der Waals surface area contributed by atoms with Crippen LogP contribution in [0.5, 0.6) is 5.75 Å². The van der Waals surface area contributed by atoms with E-state index in [0.29, 0.717) is 0 Å². The smallest absolute Gasteiger partial charge is 0.121 e. The zero-order valence-electron chi connectivity index (χ0n) is 9.37. The highest BCUT2D eigenvalue weighted by Crippen LogP contribution is 2.19. The van der Waals surface area contributed by atoms with Gasteiger partial charge in [0.25, 0.3) is 0 Å². The predicted molar refractivity (Wildman–Crippen MR) is 69.3 cm³/mol. The van der Waals surface area contributed by atoms with Crippen LogP contribution in [-0.2, 0) is 0 Å². The fraction of sp³-hybridized carbons (Fsp3) is 0.500. The van der Waals surface area contributed by atoms with E-state index in [4.69, 9.17) is 4.74 Å². The van der Waals surface area contributed by atoms with Crippen molar-refractivity contribution in [1.29, 1.82) is 0 Å². The van der Waals surface area contributed by atoms with E-state index in [9.17, 15) is 0 Å². The Labute approximate surface area is 100 Å². The lowest BCUT2D eigenvalue weighted by Crippen LogP contribution is -2.08. The maximum Gasteiger partial charge on any atom is 0.121 e. The van der Waals surface area contributed by atoms with E-state index < -0.39 is 0 Å². The zero-order valence-corrected chi connectivity index (χ0v) is 11.0. The van der Waals surface area contributed by atoms with Crippen LogP contribution in [0.2, 0.25) is 0 Å². The van der Waals surface area contributed by atoms with Gasteiger partial charge in [-0.05, 0) is 25.0 Å². The van der Waals surface area contributed by atoms with Crippen LogP contribution in [0.4, 0.5) is 5.69 Å². The first-order chi connectivity index (χ1) is 7.24. The number of hydrogen-bond donors (Lipinski definition) is 0. The minimum absolute atomic E-state index is 0.794. The van der Waals surface area contributed by atoms with E-state index in [2.05, 4.69) is 33.0 Å². The standard InChI is InChI=1S/C12H18BrNO/c1-14(2)11-6-5-7-12(10-11)15-9-4-3-8-13/h5-7,10H,3-4,8-9H2,1-2H3.